The Bertz CT molecular complexity index is 290. The predicted octanol–water partition coefficient (Wildman–Crippen LogP) is 3.37. The summed E-state index contributed by atoms with van der Waals surface area (Å²) in [5.74, 6) is -0.354. The summed E-state index contributed by atoms with van der Waals surface area (Å²) in [6, 6.07) is 0. The lowest BCUT2D eigenvalue weighted by molar-refractivity contribution is -0.136. The molecule has 0 amide bonds. The van der Waals surface area contributed by atoms with Gasteiger partial charge in [0.2, 0.25) is 0 Å². The van der Waals surface area contributed by atoms with Crippen LogP contribution in [0.3, 0.4) is 0 Å². The summed E-state index contributed by atoms with van der Waals surface area (Å²) in [4.78, 5) is 11.3. The fraction of sp³-hybridized carbons (Fsp3) is 0.769. The minimum absolute atomic E-state index is 0.00317. The molecule has 0 heterocycles. The van der Waals surface area contributed by atoms with Crippen molar-refractivity contribution < 1.29 is 14.0 Å². The first-order valence-corrected chi connectivity index (χ1v) is 8.85. The molecule has 0 aliphatic rings. The predicted molar refractivity (Wildman–Crippen MR) is 73.5 cm³/mol. The van der Waals surface area contributed by atoms with Gasteiger partial charge in [0.25, 0.3) is 0 Å². The van der Waals surface area contributed by atoms with Crippen LogP contribution >= 0.6 is 0 Å². The molecule has 0 saturated carbocycles. The van der Waals surface area contributed by atoms with Crippen molar-refractivity contribution in [3.8, 4) is 0 Å². The third-order valence-corrected chi connectivity index (χ3v) is 8.04. The Balaban J connectivity index is 4.40. The first-order valence-electron chi connectivity index (χ1n) is 5.94. The lowest BCUT2D eigenvalue weighted by Gasteiger charge is -2.37. The molecule has 1 atom stereocenters. The van der Waals surface area contributed by atoms with E-state index in [2.05, 4.69) is 45.2 Å². The quantitative estimate of drug-likeness (QED) is 0.431. The van der Waals surface area contributed by atoms with Crippen molar-refractivity contribution >= 4 is 14.3 Å². The van der Waals surface area contributed by atoms with Gasteiger partial charge >= 0.3 is 5.97 Å². The molecule has 0 radical (unpaired) electrons. The standard InChI is InChI=1S/C13H26O3Si/c1-10(11(2)12(14)15-6)9-16-17(7,8)13(3,4)5/h10H,2,9H2,1,3-8H3/t10-/m0/s1. The van der Waals surface area contributed by atoms with Crippen molar-refractivity contribution in [2.45, 2.75) is 45.8 Å². The molecule has 3 nitrogen and oxygen atoms in total. The second-order valence-electron chi connectivity index (χ2n) is 5.99. The Morgan fingerprint density at radius 2 is 1.82 bits per heavy atom. The van der Waals surface area contributed by atoms with Crippen LogP contribution in [0.2, 0.25) is 18.1 Å². The zero-order valence-electron chi connectivity index (χ0n) is 12.2. The fourth-order valence-corrected chi connectivity index (χ4v) is 2.08. The maximum absolute atomic E-state index is 11.3. The lowest BCUT2D eigenvalue weighted by atomic mass is 10.0. The van der Waals surface area contributed by atoms with Crippen LogP contribution in [0.15, 0.2) is 12.2 Å². The highest BCUT2D eigenvalue weighted by molar-refractivity contribution is 6.74. The monoisotopic (exact) mass is 258 g/mol. The second-order valence-corrected chi connectivity index (χ2v) is 10.8. The van der Waals surface area contributed by atoms with Crippen LogP contribution in [-0.4, -0.2) is 28.0 Å². The topological polar surface area (TPSA) is 35.5 Å². The van der Waals surface area contributed by atoms with E-state index >= 15 is 0 Å². The fourth-order valence-electron chi connectivity index (χ4n) is 0.983. The van der Waals surface area contributed by atoms with E-state index in [0.29, 0.717) is 12.2 Å². The Hall–Kier alpha value is -0.613. The average molecular weight is 258 g/mol. The van der Waals surface area contributed by atoms with E-state index in [1.165, 1.54) is 7.11 Å². The van der Waals surface area contributed by atoms with Gasteiger partial charge < -0.3 is 9.16 Å². The minimum Gasteiger partial charge on any atom is -0.466 e. The Morgan fingerprint density at radius 1 is 1.35 bits per heavy atom. The van der Waals surface area contributed by atoms with Gasteiger partial charge in [0.1, 0.15) is 0 Å². The second kappa shape index (κ2) is 5.82. The molecule has 4 heteroatoms. The van der Waals surface area contributed by atoms with Crippen molar-refractivity contribution in [3.05, 3.63) is 12.2 Å². The van der Waals surface area contributed by atoms with Crippen molar-refractivity contribution in [3.63, 3.8) is 0 Å². The molecular formula is C13H26O3Si. The molecular weight excluding hydrogens is 232 g/mol. The molecule has 0 fully saturated rings. The number of rotatable bonds is 5. The van der Waals surface area contributed by atoms with Crippen LogP contribution in [-0.2, 0) is 14.0 Å². The number of carbonyl (C=O) groups is 1. The Labute approximate surface area is 106 Å². The molecule has 17 heavy (non-hydrogen) atoms. The number of methoxy groups -OCH3 is 1. The number of hydrogen-bond donors (Lipinski definition) is 0. The largest absolute Gasteiger partial charge is 0.466 e. The molecule has 0 spiro atoms. The van der Waals surface area contributed by atoms with Gasteiger partial charge in [-0.15, -0.1) is 0 Å². The molecule has 0 aromatic rings. The summed E-state index contributed by atoms with van der Waals surface area (Å²) >= 11 is 0. The van der Waals surface area contributed by atoms with Crippen molar-refractivity contribution in [1.82, 2.24) is 0 Å². The summed E-state index contributed by atoms with van der Waals surface area (Å²) in [6.45, 7) is 17.2. The highest BCUT2D eigenvalue weighted by Crippen LogP contribution is 2.36. The van der Waals surface area contributed by atoms with Crippen molar-refractivity contribution in [1.29, 1.82) is 0 Å². The highest BCUT2D eigenvalue weighted by Gasteiger charge is 2.37. The van der Waals surface area contributed by atoms with Crippen LogP contribution in [0.25, 0.3) is 0 Å². The van der Waals surface area contributed by atoms with Gasteiger partial charge in [0.05, 0.1) is 7.11 Å². The molecule has 0 N–H and O–H groups in total. The summed E-state index contributed by atoms with van der Waals surface area (Å²) in [5.41, 5.74) is 0.478. The molecule has 0 unspecified atom stereocenters. The molecule has 0 aliphatic heterocycles. The molecule has 100 valence electrons. The summed E-state index contributed by atoms with van der Waals surface area (Å²) in [7, 11) is -0.382. The molecule has 0 saturated heterocycles. The smallest absolute Gasteiger partial charge is 0.333 e. The zero-order chi connectivity index (χ0) is 13.9. The summed E-state index contributed by atoms with van der Waals surface area (Å²) < 4.78 is 10.7. The van der Waals surface area contributed by atoms with Crippen LogP contribution in [0.4, 0.5) is 0 Å². The molecule has 0 aromatic carbocycles. The Morgan fingerprint density at radius 3 is 2.18 bits per heavy atom. The summed E-state index contributed by atoms with van der Waals surface area (Å²) in [5, 5.41) is 0.180. The van der Waals surface area contributed by atoms with Crippen LogP contribution < -0.4 is 0 Å². The first-order chi connectivity index (χ1) is 7.53. The minimum atomic E-state index is -1.75. The molecule has 0 rings (SSSR count). The van der Waals surface area contributed by atoms with Gasteiger partial charge in [-0.2, -0.15) is 0 Å². The third-order valence-electron chi connectivity index (χ3n) is 3.54. The lowest BCUT2D eigenvalue weighted by Crippen LogP contribution is -2.42. The SMILES string of the molecule is C=C(C(=O)OC)[C@@H](C)CO[Si](C)(C)C(C)(C)C. The summed E-state index contributed by atoms with van der Waals surface area (Å²) in [6.07, 6.45) is 0. The third kappa shape index (κ3) is 4.64. The van der Waals surface area contributed by atoms with Gasteiger partial charge in [0.15, 0.2) is 8.32 Å². The number of hydrogen-bond acceptors (Lipinski definition) is 3. The van der Waals surface area contributed by atoms with E-state index in [-0.39, 0.29) is 16.9 Å². The van der Waals surface area contributed by atoms with Gasteiger partial charge in [-0.3, -0.25) is 0 Å². The van der Waals surface area contributed by atoms with Gasteiger partial charge in [-0.05, 0) is 18.1 Å². The van der Waals surface area contributed by atoms with Crippen molar-refractivity contribution in [2.75, 3.05) is 13.7 Å². The van der Waals surface area contributed by atoms with E-state index in [1.54, 1.807) is 0 Å². The average Bonchev–Trinajstić information content (AvgIpc) is 2.22. The Kier molecular flexibility index (Phi) is 5.61. The maximum atomic E-state index is 11.3. The van der Waals surface area contributed by atoms with Crippen molar-refractivity contribution in [2.24, 2.45) is 5.92 Å². The van der Waals surface area contributed by atoms with E-state index in [4.69, 9.17) is 4.43 Å². The normalized spacial score (nSPS) is 14.3. The van der Waals surface area contributed by atoms with Gasteiger partial charge in [-0.1, -0.05) is 34.3 Å². The number of ether oxygens (including phenoxy) is 1. The zero-order valence-corrected chi connectivity index (χ0v) is 13.2. The van der Waals surface area contributed by atoms with Crippen LogP contribution in [0, 0.1) is 5.92 Å². The van der Waals surface area contributed by atoms with E-state index in [1.807, 2.05) is 6.92 Å². The highest BCUT2D eigenvalue weighted by atomic mass is 28.4. The molecule has 0 aliphatic carbocycles. The van der Waals surface area contributed by atoms with E-state index in [9.17, 15) is 4.79 Å². The van der Waals surface area contributed by atoms with Gasteiger partial charge in [-0.25, -0.2) is 4.79 Å². The number of carbonyl (C=O) groups excluding carboxylic acids is 1. The molecule has 0 bridgehead atoms. The first kappa shape index (κ1) is 16.4. The van der Waals surface area contributed by atoms with E-state index < -0.39 is 8.32 Å². The van der Waals surface area contributed by atoms with E-state index in [0.717, 1.165) is 0 Å². The van der Waals surface area contributed by atoms with Crippen LogP contribution in [0.5, 0.6) is 0 Å². The van der Waals surface area contributed by atoms with Gasteiger partial charge in [0, 0.05) is 18.1 Å². The maximum Gasteiger partial charge on any atom is 0.333 e. The molecule has 0 aromatic heterocycles. The number of esters is 1. The van der Waals surface area contributed by atoms with Crippen LogP contribution in [0.1, 0.15) is 27.7 Å².